The Bertz CT molecular complexity index is 1060. The number of carbonyl (C=O) groups excluding carboxylic acids is 1. The molecule has 2 aromatic heterocycles. The van der Waals surface area contributed by atoms with Gasteiger partial charge < -0.3 is 0 Å². The highest BCUT2D eigenvalue weighted by Gasteiger charge is 2.22. The van der Waals surface area contributed by atoms with E-state index in [9.17, 15) is 9.59 Å². The van der Waals surface area contributed by atoms with Gasteiger partial charge in [0.25, 0.3) is 11.5 Å². The number of aromatic nitrogens is 2. The zero-order valence-electron chi connectivity index (χ0n) is 15.0. The molecule has 0 aliphatic heterocycles. The lowest BCUT2D eigenvalue weighted by Gasteiger charge is -2.14. The first kappa shape index (κ1) is 17.0. The van der Waals surface area contributed by atoms with Gasteiger partial charge in [-0.25, -0.2) is 9.66 Å². The number of nitrogens with one attached hydrogen (secondary N) is 1. The number of carbonyl (C=O) groups is 1. The zero-order chi connectivity index (χ0) is 18.3. The number of fused-ring (bicyclic) bond motifs is 3. The smallest absolute Gasteiger partial charge is 0.267 e. The van der Waals surface area contributed by atoms with Crippen LogP contribution >= 0.6 is 11.3 Å². The summed E-state index contributed by atoms with van der Waals surface area (Å²) in [7, 11) is 0. The highest BCUT2D eigenvalue weighted by Crippen LogP contribution is 2.33. The molecule has 5 nitrogen and oxygen atoms in total. The normalized spacial score (nSPS) is 13.6. The van der Waals surface area contributed by atoms with Gasteiger partial charge in [0.15, 0.2) is 0 Å². The molecule has 1 aromatic carbocycles. The third-order valence-electron chi connectivity index (χ3n) is 4.87. The first-order chi connectivity index (χ1) is 12.6. The SMILES string of the molecule is CCc1nc2sc3c(c2c(=O)n1NC(=O)c1cccc(C)c1)CCCC3. The van der Waals surface area contributed by atoms with Gasteiger partial charge >= 0.3 is 0 Å². The Morgan fingerprint density at radius 1 is 1.31 bits per heavy atom. The summed E-state index contributed by atoms with van der Waals surface area (Å²) >= 11 is 1.63. The average molecular weight is 367 g/mol. The minimum atomic E-state index is -0.296. The van der Waals surface area contributed by atoms with Crippen LogP contribution in [0, 0.1) is 6.92 Å². The molecular weight excluding hydrogens is 346 g/mol. The maximum atomic E-state index is 13.2. The van der Waals surface area contributed by atoms with Gasteiger partial charge in [0, 0.05) is 16.9 Å². The van der Waals surface area contributed by atoms with Gasteiger partial charge in [0.1, 0.15) is 10.7 Å². The van der Waals surface area contributed by atoms with Crippen LogP contribution in [-0.2, 0) is 19.3 Å². The molecule has 0 unspecified atom stereocenters. The standard InChI is InChI=1S/C20H21N3O2S/c1-3-16-21-19-17(14-9-4-5-10-15(14)26-19)20(25)23(16)22-18(24)13-8-6-7-12(2)11-13/h6-8,11H,3-5,9-10H2,1-2H3,(H,22,24). The van der Waals surface area contributed by atoms with E-state index in [1.54, 1.807) is 17.4 Å². The lowest BCUT2D eigenvalue weighted by Crippen LogP contribution is -2.36. The van der Waals surface area contributed by atoms with Crippen molar-refractivity contribution in [2.75, 3.05) is 5.43 Å². The van der Waals surface area contributed by atoms with Gasteiger partial charge in [-0.15, -0.1) is 11.3 Å². The summed E-state index contributed by atoms with van der Waals surface area (Å²) in [6.45, 7) is 3.88. The van der Waals surface area contributed by atoms with Gasteiger partial charge in [-0.2, -0.15) is 0 Å². The molecule has 0 saturated carbocycles. The van der Waals surface area contributed by atoms with E-state index >= 15 is 0 Å². The van der Waals surface area contributed by atoms with E-state index in [0.717, 1.165) is 35.2 Å². The molecule has 1 amide bonds. The molecule has 0 radical (unpaired) electrons. The van der Waals surface area contributed by atoms with Gasteiger partial charge in [-0.1, -0.05) is 24.6 Å². The Morgan fingerprint density at radius 2 is 2.12 bits per heavy atom. The van der Waals surface area contributed by atoms with Crippen LogP contribution in [0.1, 0.15) is 52.0 Å². The maximum Gasteiger partial charge on any atom is 0.281 e. The first-order valence-electron chi connectivity index (χ1n) is 9.02. The van der Waals surface area contributed by atoms with Gasteiger partial charge in [0.05, 0.1) is 5.39 Å². The number of aryl methyl sites for hydroxylation is 4. The molecule has 0 bridgehead atoms. The van der Waals surface area contributed by atoms with Gasteiger partial charge in [-0.3, -0.25) is 15.0 Å². The zero-order valence-corrected chi connectivity index (χ0v) is 15.8. The molecule has 4 rings (SSSR count). The van der Waals surface area contributed by atoms with Crippen molar-refractivity contribution in [2.24, 2.45) is 0 Å². The van der Waals surface area contributed by atoms with E-state index in [2.05, 4.69) is 5.43 Å². The molecule has 0 atom stereocenters. The lowest BCUT2D eigenvalue weighted by atomic mass is 9.97. The van der Waals surface area contributed by atoms with Crippen LogP contribution in [0.3, 0.4) is 0 Å². The summed E-state index contributed by atoms with van der Waals surface area (Å²) < 4.78 is 1.34. The summed E-state index contributed by atoms with van der Waals surface area (Å²) in [5.74, 6) is 0.290. The molecule has 26 heavy (non-hydrogen) atoms. The van der Waals surface area contributed by atoms with Gasteiger partial charge in [0.2, 0.25) is 0 Å². The fourth-order valence-corrected chi connectivity index (χ4v) is 4.82. The predicted molar refractivity (Wildman–Crippen MR) is 105 cm³/mol. The van der Waals surface area contributed by atoms with Crippen molar-refractivity contribution >= 4 is 27.5 Å². The molecule has 0 saturated heterocycles. The molecule has 134 valence electrons. The third-order valence-corrected chi connectivity index (χ3v) is 6.05. The number of amides is 1. The van der Waals surface area contributed by atoms with E-state index in [0.29, 0.717) is 23.2 Å². The van der Waals surface area contributed by atoms with Crippen LogP contribution in [0.4, 0.5) is 0 Å². The van der Waals surface area contributed by atoms with Crippen molar-refractivity contribution in [3.63, 3.8) is 0 Å². The van der Waals surface area contributed by atoms with Crippen LogP contribution in [-0.4, -0.2) is 15.6 Å². The molecule has 6 heteroatoms. The number of thiophene rings is 1. The second-order valence-corrected chi connectivity index (χ2v) is 7.81. The predicted octanol–water partition coefficient (Wildman–Crippen LogP) is 3.59. The fraction of sp³-hybridized carbons (Fsp3) is 0.350. The minimum absolute atomic E-state index is 0.160. The average Bonchev–Trinajstić information content (AvgIpc) is 3.02. The number of benzene rings is 1. The van der Waals surface area contributed by atoms with Crippen molar-refractivity contribution in [1.82, 2.24) is 9.66 Å². The van der Waals surface area contributed by atoms with Crippen molar-refractivity contribution in [2.45, 2.75) is 46.0 Å². The molecule has 1 aliphatic rings. The number of hydrogen-bond donors (Lipinski definition) is 1. The summed E-state index contributed by atoms with van der Waals surface area (Å²) in [6.07, 6.45) is 4.78. The third kappa shape index (κ3) is 2.84. The van der Waals surface area contributed by atoms with E-state index in [4.69, 9.17) is 4.98 Å². The fourth-order valence-electron chi connectivity index (χ4n) is 3.55. The monoisotopic (exact) mass is 367 g/mol. The molecule has 0 spiro atoms. The topological polar surface area (TPSA) is 64.0 Å². The Kier molecular flexibility index (Phi) is 4.36. The second-order valence-electron chi connectivity index (χ2n) is 6.72. The van der Waals surface area contributed by atoms with Crippen LogP contribution in [0.15, 0.2) is 29.1 Å². The van der Waals surface area contributed by atoms with Crippen LogP contribution < -0.4 is 11.0 Å². The molecular formula is C20H21N3O2S. The molecule has 1 N–H and O–H groups in total. The summed E-state index contributed by atoms with van der Waals surface area (Å²) in [5, 5.41) is 0.687. The first-order valence-corrected chi connectivity index (χ1v) is 9.84. The molecule has 3 aromatic rings. The van der Waals surface area contributed by atoms with Crippen molar-refractivity contribution in [3.05, 3.63) is 62.0 Å². The number of hydrogen-bond acceptors (Lipinski definition) is 4. The molecule has 1 aliphatic carbocycles. The van der Waals surface area contributed by atoms with Gasteiger partial charge in [-0.05, 0) is 50.3 Å². The summed E-state index contributed by atoms with van der Waals surface area (Å²) in [5.41, 5.74) is 5.28. The van der Waals surface area contributed by atoms with E-state index in [1.807, 2.05) is 32.0 Å². The van der Waals surface area contributed by atoms with Crippen molar-refractivity contribution in [3.8, 4) is 0 Å². The highest BCUT2D eigenvalue weighted by molar-refractivity contribution is 7.18. The van der Waals surface area contributed by atoms with Crippen LogP contribution in [0.5, 0.6) is 0 Å². The Labute approximate surface area is 155 Å². The van der Waals surface area contributed by atoms with E-state index < -0.39 is 0 Å². The number of nitrogens with zero attached hydrogens (tertiary/aromatic N) is 2. The Balaban J connectivity index is 1.82. The summed E-state index contributed by atoms with van der Waals surface area (Å²) in [6, 6.07) is 7.33. The quantitative estimate of drug-likeness (QED) is 0.769. The Morgan fingerprint density at radius 3 is 2.88 bits per heavy atom. The Hall–Kier alpha value is -2.47. The minimum Gasteiger partial charge on any atom is -0.267 e. The summed E-state index contributed by atoms with van der Waals surface area (Å²) in [4.78, 5) is 32.6. The maximum absolute atomic E-state index is 13.2. The number of rotatable bonds is 3. The molecule has 2 heterocycles. The van der Waals surface area contributed by atoms with Crippen LogP contribution in [0.2, 0.25) is 0 Å². The van der Waals surface area contributed by atoms with Crippen molar-refractivity contribution in [1.29, 1.82) is 0 Å². The molecule has 0 fully saturated rings. The van der Waals surface area contributed by atoms with E-state index in [-0.39, 0.29) is 11.5 Å². The van der Waals surface area contributed by atoms with E-state index in [1.165, 1.54) is 16.0 Å². The van der Waals surface area contributed by atoms with Crippen LogP contribution in [0.25, 0.3) is 10.2 Å². The highest BCUT2D eigenvalue weighted by atomic mass is 32.1. The largest absolute Gasteiger partial charge is 0.281 e. The lowest BCUT2D eigenvalue weighted by molar-refractivity contribution is 0.101. The second kappa shape index (κ2) is 6.68. The van der Waals surface area contributed by atoms with Crippen molar-refractivity contribution < 1.29 is 4.79 Å².